The summed E-state index contributed by atoms with van der Waals surface area (Å²) >= 11 is 0. The van der Waals surface area contributed by atoms with Crippen molar-refractivity contribution >= 4 is 5.65 Å². The molecule has 0 saturated heterocycles. The van der Waals surface area contributed by atoms with Crippen molar-refractivity contribution in [1.82, 2.24) is 14.6 Å². The molecule has 20 heavy (non-hydrogen) atoms. The predicted octanol–water partition coefficient (Wildman–Crippen LogP) is 2.75. The van der Waals surface area contributed by atoms with E-state index in [9.17, 15) is 18.3 Å². The number of alkyl halides is 3. The number of aliphatic hydroxyl groups is 1. The SMILES string of the molecule is C[C@@H](O)c1ccn2c(CC3CC3)nnc2c1C(F)(F)F. The van der Waals surface area contributed by atoms with Gasteiger partial charge in [0.15, 0.2) is 5.65 Å². The molecule has 0 spiro atoms. The van der Waals surface area contributed by atoms with Gasteiger partial charge in [0.25, 0.3) is 0 Å². The van der Waals surface area contributed by atoms with Crippen LogP contribution in [0.3, 0.4) is 0 Å². The number of rotatable bonds is 3. The van der Waals surface area contributed by atoms with Crippen molar-refractivity contribution in [1.29, 1.82) is 0 Å². The number of hydrogen-bond donors (Lipinski definition) is 1. The van der Waals surface area contributed by atoms with Crippen LogP contribution in [-0.2, 0) is 12.6 Å². The van der Waals surface area contributed by atoms with E-state index < -0.39 is 17.8 Å². The van der Waals surface area contributed by atoms with Gasteiger partial charge in [-0.2, -0.15) is 13.2 Å². The Bertz CT molecular complexity index is 644. The molecule has 1 aliphatic rings. The normalized spacial score (nSPS) is 17.6. The molecule has 4 nitrogen and oxygen atoms in total. The third-order valence-corrected chi connectivity index (χ3v) is 3.58. The lowest BCUT2D eigenvalue weighted by Crippen LogP contribution is -2.14. The summed E-state index contributed by atoms with van der Waals surface area (Å²) in [7, 11) is 0. The Hall–Kier alpha value is -1.63. The van der Waals surface area contributed by atoms with Crippen molar-refractivity contribution in [3.63, 3.8) is 0 Å². The van der Waals surface area contributed by atoms with Gasteiger partial charge in [-0.05, 0) is 37.3 Å². The van der Waals surface area contributed by atoms with Crippen LogP contribution in [0.1, 0.15) is 42.8 Å². The van der Waals surface area contributed by atoms with Crippen molar-refractivity contribution in [3.05, 3.63) is 29.2 Å². The summed E-state index contributed by atoms with van der Waals surface area (Å²) in [5.41, 5.74) is -1.30. The quantitative estimate of drug-likeness (QED) is 0.943. The Labute approximate surface area is 113 Å². The highest BCUT2D eigenvalue weighted by Gasteiger charge is 2.38. The van der Waals surface area contributed by atoms with Crippen LogP contribution < -0.4 is 0 Å². The summed E-state index contributed by atoms with van der Waals surface area (Å²) in [4.78, 5) is 0. The molecular weight excluding hydrogens is 271 g/mol. The standard InChI is InChI=1S/C13H14F3N3O/c1-7(20)9-4-5-19-10(6-8-2-3-8)17-18-12(19)11(9)13(14,15)16/h4-5,7-8,20H,2-3,6H2,1H3/t7-/m1/s1. The average Bonchev–Trinajstić information content (AvgIpc) is 3.07. The average molecular weight is 285 g/mol. The Morgan fingerprint density at radius 3 is 2.65 bits per heavy atom. The molecule has 1 N–H and O–H groups in total. The first-order valence-electron chi connectivity index (χ1n) is 6.49. The molecule has 2 aromatic rings. The van der Waals surface area contributed by atoms with Gasteiger partial charge in [-0.15, -0.1) is 10.2 Å². The number of pyridine rings is 1. The van der Waals surface area contributed by atoms with Crippen molar-refractivity contribution in [3.8, 4) is 0 Å². The second kappa shape index (κ2) is 4.44. The Morgan fingerprint density at radius 2 is 2.10 bits per heavy atom. The van der Waals surface area contributed by atoms with E-state index in [4.69, 9.17) is 0 Å². The number of halogens is 3. The van der Waals surface area contributed by atoms with Crippen LogP contribution in [0.4, 0.5) is 13.2 Å². The third kappa shape index (κ3) is 2.26. The Morgan fingerprint density at radius 1 is 1.40 bits per heavy atom. The zero-order valence-electron chi connectivity index (χ0n) is 10.9. The van der Waals surface area contributed by atoms with E-state index >= 15 is 0 Å². The van der Waals surface area contributed by atoms with Crippen molar-refractivity contribution in [2.24, 2.45) is 5.92 Å². The molecule has 2 aromatic heterocycles. The third-order valence-electron chi connectivity index (χ3n) is 3.58. The van der Waals surface area contributed by atoms with Gasteiger partial charge in [-0.1, -0.05) is 0 Å². The molecule has 0 unspecified atom stereocenters. The number of fused-ring (bicyclic) bond motifs is 1. The number of aliphatic hydroxyl groups excluding tert-OH is 1. The van der Waals surface area contributed by atoms with E-state index in [1.165, 1.54) is 23.6 Å². The van der Waals surface area contributed by atoms with Crippen LogP contribution in [0.5, 0.6) is 0 Å². The molecule has 108 valence electrons. The maximum absolute atomic E-state index is 13.2. The highest BCUT2D eigenvalue weighted by molar-refractivity contribution is 5.54. The molecule has 1 saturated carbocycles. The van der Waals surface area contributed by atoms with E-state index in [2.05, 4.69) is 10.2 Å². The fourth-order valence-corrected chi connectivity index (χ4v) is 2.38. The molecule has 1 aliphatic carbocycles. The number of aromatic nitrogens is 3. The van der Waals surface area contributed by atoms with Crippen LogP contribution in [-0.4, -0.2) is 19.7 Å². The highest BCUT2D eigenvalue weighted by atomic mass is 19.4. The summed E-state index contributed by atoms with van der Waals surface area (Å²) in [6, 6.07) is 1.29. The van der Waals surface area contributed by atoms with Gasteiger partial charge in [-0.25, -0.2) is 0 Å². The van der Waals surface area contributed by atoms with Gasteiger partial charge in [0, 0.05) is 12.6 Å². The van der Waals surface area contributed by atoms with Crippen molar-refractivity contribution in [2.75, 3.05) is 0 Å². The van der Waals surface area contributed by atoms with Gasteiger partial charge in [0.2, 0.25) is 0 Å². The molecular formula is C13H14F3N3O. The lowest BCUT2D eigenvalue weighted by molar-refractivity contribution is -0.138. The fourth-order valence-electron chi connectivity index (χ4n) is 2.38. The summed E-state index contributed by atoms with van der Waals surface area (Å²) in [5.74, 6) is 1.05. The van der Waals surface area contributed by atoms with E-state index in [0.717, 1.165) is 12.8 Å². The minimum atomic E-state index is -4.57. The van der Waals surface area contributed by atoms with Crippen molar-refractivity contribution in [2.45, 2.75) is 38.5 Å². The van der Waals surface area contributed by atoms with E-state index in [1.807, 2.05) is 0 Å². The summed E-state index contributed by atoms with van der Waals surface area (Å²) in [5, 5.41) is 17.1. The molecule has 1 atom stereocenters. The molecule has 0 aromatic carbocycles. The predicted molar refractivity (Wildman–Crippen MR) is 65.1 cm³/mol. The Balaban J connectivity index is 2.18. The van der Waals surface area contributed by atoms with Gasteiger partial charge >= 0.3 is 6.18 Å². The van der Waals surface area contributed by atoms with E-state index in [1.54, 1.807) is 0 Å². The van der Waals surface area contributed by atoms with Gasteiger partial charge < -0.3 is 5.11 Å². The monoisotopic (exact) mass is 285 g/mol. The molecule has 0 aliphatic heterocycles. The molecule has 3 rings (SSSR count). The molecule has 2 heterocycles. The van der Waals surface area contributed by atoms with Crippen LogP contribution in [0.2, 0.25) is 0 Å². The van der Waals surface area contributed by atoms with Crippen LogP contribution in [0, 0.1) is 5.92 Å². The van der Waals surface area contributed by atoms with Crippen LogP contribution >= 0.6 is 0 Å². The summed E-state index contributed by atoms with van der Waals surface area (Å²) in [6.45, 7) is 1.31. The fraction of sp³-hybridized carbons (Fsp3) is 0.538. The maximum atomic E-state index is 13.2. The molecule has 7 heteroatoms. The van der Waals surface area contributed by atoms with Gasteiger partial charge in [0.05, 0.1) is 6.10 Å². The minimum Gasteiger partial charge on any atom is -0.389 e. The molecule has 0 radical (unpaired) electrons. The molecule has 1 fully saturated rings. The van der Waals surface area contributed by atoms with Crippen LogP contribution in [0.25, 0.3) is 5.65 Å². The van der Waals surface area contributed by atoms with Gasteiger partial charge in [0.1, 0.15) is 11.4 Å². The number of nitrogens with zero attached hydrogens (tertiary/aromatic N) is 3. The lowest BCUT2D eigenvalue weighted by Gasteiger charge is -2.15. The van der Waals surface area contributed by atoms with Crippen LogP contribution in [0.15, 0.2) is 12.3 Å². The largest absolute Gasteiger partial charge is 0.420 e. The second-order valence-electron chi connectivity index (χ2n) is 5.28. The summed E-state index contributed by atoms with van der Waals surface area (Å²) in [6.07, 6.45) is -1.45. The molecule has 0 amide bonds. The topological polar surface area (TPSA) is 50.4 Å². The summed E-state index contributed by atoms with van der Waals surface area (Å²) < 4.78 is 41.1. The minimum absolute atomic E-state index is 0.171. The number of hydrogen-bond acceptors (Lipinski definition) is 3. The zero-order chi connectivity index (χ0) is 14.5. The molecule has 0 bridgehead atoms. The van der Waals surface area contributed by atoms with Crippen molar-refractivity contribution < 1.29 is 18.3 Å². The first-order chi connectivity index (χ1) is 9.38. The maximum Gasteiger partial charge on any atom is 0.420 e. The second-order valence-corrected chi connectivity index (χ2v) is 5.28. The smallest absolute Gasteiger partial charge is 0.389 e. The Kier molecular flexibility index (Phi) is 2.97. The van der Waals surface area contributed by atoms with Gasteiger partial charge in [-0.3, -0.25) is 4.40 Å². The highest BCUT2D eigenvalue weighted by Crippen LogP contribution is 2.38. The lowest BCUT2D eigenvalue weighted by atomic mass is 10.0. The first-order valence-corrected chi connectivity index (χ1v) is 6.49. The van der Waals surface area contributed by atoms with E-state index in [-0.39, 0.29) is 11.2 Å². The first kappa shape index (κ1) is 13.4. The van der Waals surface area contributed by atoms with E-state index in [0.29, 0.717) is 18.2 Å². The zero-order valence-corrected chi connectivity index (χ0v) is 10.9.